The van der Waals surface area contributed by atoms with E-state index in [-0.39, 0.29) is 12.8 Å². The number of aliphatic hydroxyl groups excluding tert-OH is 1. The normalized spacial score (nSPS) is 49.2. The second-order valence-corrected chi connectivity index (χ2v) is 3.77. The molecular formula is C6H9BrF2O. The summed E-state index contributed by atoms with van der Waals surface area (Å²) in [5, 5.41) is 8.98. The minimum atomic E-state index is -1.41. The second kappa shape index (κ2) is 3.13. The fourth-order valence-corrected chi connectivity index (χ4v) is 1.83. The fourth-order valence-electron chi connectivity index (χ4n) is 1.09. The maximum Gasteiger partial charge on any atom is 0.130 e. The van der Waals surface area contributed by atoms with E-state index in [4.69, 9.17) is 5.11 Å². The average molecular weight is 215 g/mol. The molecule has 1 aliphatic rings. The van der Waals surface area contributed by atoms with Crippen LogP contribution in [0, 0.1) is 0 Å². The smallest absolute Gasteiger partial charge is 0.130 e. The van der Waals surface area contributed by atoms with Crippen LogP contribution >= 0.6 is 15.9 Å². The van der Waals surface area contributed by atoms with Crippen molar-refractivity contribution in [3.63, 3.8) is 0 Å². The Hall–Kier alpha value is 0.300. The third-order valence-electron chi connectivity index (χ3n) is 1.70. The van der Waals surface area contributed by atoms with Gasteiger partial charge in [0.2, 0.25) is 0 Å². The Balaban J connectivity index is 2.49. The van der Waals surface area contributed by atoms with Crippen molar-refractivity contribution in [2.45, 2.75) is 36.1 Å². The number of halogens is 3. The molecule has 1 rings (SSSR count). The Labute approximate surface area is 66.6 Å². The highest BCUT2D eigenvalue weighted by Gasteiger charge is 2.35. The lowest BCUT2D eigenvalue weighted by atomic mass is 9.94. The van der Waals surface area contributed by atoms with Gasteiger partial charge in [-0.3, -0.25) is 0 Å². The molecule has 0 bridgehead atoms. The number of hydrogen-bond acceptors (Lipinski definition) is 1. The van der Waals surface area contributed by atoms with Crippen molar-refractivity contribution in [2.75, 3.05) is 0 Å². The van der Waals surface area contributed by atoms with E-state index >= 15 is 0 Å². The lowest BCUT2D eigenvalue weighted by Crippen LogP contribution is -2.39. The third kappa shape index (κ3) is 1.66. The summed E-state index contributed by atoms with van der Waals surface area (Å²) in [6.07, 6.45) is -3.51. The van der Waals surface area contributed by atoms with Crippen LogP contribution in [0.1, 0.15) is 12.8 Å². The summed E-state index contributed by atoms with van der Waals surface area (Å²) < 4.78 is 25.0. The van der Waals surface area contributed by atoms with Crippen LogP contribution < -0.4 is 0 Å². The predicted octanol–water partition coefficient (Wildman–Crippen LogP) is 1.58. The van der Waals surface area contributed by atoms with Gasteiger partial charge in [-0.1, -0.05) is 15.9 Å². The van der Waals surface area contributed by atoms with Crippen LogP contribution in [0.4, 0.5) is 8.78 Å². The lowest BCUT2D eigenvalue weighted by molar-refractivity contribution is 0.0227. The molecule has 1 N–H and O–H groups in total. The minimum Gasteiger partial charge on any atom is -0.389 e. The summed E-state index contributed by atoms with van der Waals surface area (Å²) in [5.41, 5.74) is 0. The van der Waals surface area contributed by atoms with Gasteiger partial charge >= 0.3 is 0 Å². The molecule has 0 spiro atoms. The molecule has 1 fully saturated rings. The van der Waals surface area contributed by atoms with Crippen molar-refractivity contribution in [2.24, 2.45) is 0 Å². The molecule has 0 aliphatic heterocycles. The van der Waals surface area contributed by atoms with E-state index in [1.807, 2.05) is 0 Å². The maximum atomic E-state index is 12.6. The number of rotatable bonds is 0. The Morgan fingerprint density at radius 2 is 1.90 bits per heavy atom. The van der Waals surface area contributed by atoms with E-state index < -0.39 is 23.3 Å². The highest BCUT2D eigenvalue weighted by atomic mass is 79.9. The maximum absolute atomic E-state index is 12.6. The molecule has 0 aromatic carbocycles. The highest BCUT2D eigenvalue weighted by Crippen LogP contribution is 2.28. The molecule has 0 saturated heterocycles. The van der Waals surface area contributed by atoms with Crippen molar-refractivity contribution in [3.8, 4) is 0 Å². The van der Waals surface area contributed by atoms with Gasteiger partial charge < -0.3 is 5.11 Å². The van der Waals surface area contributed by atoms with E-state index in [0.29, 0.717) is 0 Å². The number of hydrogen-bond donors (Lipinski definition) is 1. The van der Waals surface area contributed by atoms with E-state index in [1.54, 1.807) is 0 Å². The van der Waals surface area contributed by atoms with Crippen molar-refractivity contribution in [1.82, 2.24) is 0 Å². The van der Waals surface area contributed by atoms with Crippen molar-refractivity contribution < 1.29 is 13.9 Å². The quantitative estimate of drug-likeness (QED) is 0.608. The first-order valence-electron chi connectivity index (χ1n) is 3.21. The zero-order valence-corrected chi connectivity index (χ0v) is 6.89. The Bertz CT molecular complexity index is 110. The molecular weight excluding hydrogens is 206 g/mol. The number of alkyl halides is 3. The SMILES string of the molecule is OC1C(F)CC(F)CC1Br. The first-order valence-corrected chi connectivity index (χ1v) is 4.13. The van der Waals surface area contributed by atoms with Crippen molar-refractivity contribution in [3.05, 3.63) is 0 Å². The van der Waals surface area contributed by atoms with Gasteiger partial charge in [0.1, 0.15) is 12.3 Å². The van der Waals surface area contributed by atoms with Gasteiger partial charge in [-0.15, -0.1) is 0 Å². The van der Waals surface area contributed by atoms with Crippen LogP contribution in [0.15, 0.2) is 0 Å². The summed E-state index contributed by atoms with van der Waals surface area (Å²) in [5.74, 6) is 0. The average Bonchev–Trinajstić information content (AvgIpc) is 1.82. The summed E-state index contributed by atoms with van der Waals surface area (Å²) in [6.45, 7) is 0. The standard InChI is InChI=1S/C6H9BrF2O/c7-4-1-3(8)2-5(9)6(4)10/h3-6,10H,1-2H2. The molecule has 0 aromatic rings. The Morgan fingerprint density at radius 1 is 1.30 bits per heavy atom. The van der Waals surface area contributed by atoms with Crippen LogP contribution in [-0.4, -0.2) is 28.4 Å². The molecule has 0 amide bonds. The van der Waals surface area contributed by atoms with E-state index in [9.17, 15) is 8.78 Å². The molecule has 1 nitrogen and oxygen atoms in total. The number of aliphatic hydroxyl groups is 1. The molecule has 0 heterocycles. The molecule has 0 aromatic heterocycles. The van der Waals surface area contributed by atoms with Crippen LogP contribution in [0.25, 0.3) is 0 Å². The molecule has 1 saturated carbocycles. The van der Waals surface area contributed by atoms with Crippen LogP contribution in [0.5, 0.6) is 0 Å². The zero-order chi connectivity index (χ0) is 7.72. The summed E-state index contributed by atoms with van der Waals surface area (Å²) in [4.78, 5) is -0.425. The largest absolute Gasteiger partial charge is 0.389 e. The highest BCUT2D eigenvalue weighted by molar-refractivity contribution is 9.09. The lowest BCUT2D eigenvalue weighted by Gasteiger charge is -2.28. The van der Waals surface area contributed by atoms with Gasteiger partial charge in [0.15, 0.2) is 0 Å². The molecule has 1 aliphatic carbocycles. The summed E-state index contributed by atoms with van der Waals surface area (Å²) in [6, 6.07) is 0. The van der Waals surface area contributed by atoms with Crippen LogP contribution in [0.2, 0.25) is 0 Å². The Kier molecular flexibility index (Phi) is 2.63. The van der Waals surface area contributed by atoms with E-state index in [1.165, 1.54) is 0 Å². The van der Waals surface area contributed by atoms with Gasteiger partial charge in [-0.25, -0.2) is 8.78 Å². The fraction of sp³-hybridized carbons (Fsp3) is 1.00. The van der Waals surface area contributed by atoms with Gasteiger partial charge in [0, 0.05) is 11.2 Å². The second-order valence-electron chi connectivity index (χ2n) is 2.59. The van der Waals surface area contributed by atoms with Crippen molar-refractivity contribution >= 4 is 15.9 Å². The Morgan fingerprint density at radius 3 is 2.40 bits per heavy atom. The molecule has 4 unspecified atom stereocenters. The van der Waals surface area contributed by atoms with Crippen molar-refractivity contribution in [1.29, 1.82) is 0 Å². The minimum absolute atomic E-state index is 0.163. The molecule has 4 atom stereocenters. The van der Waals surface area contributed by atoms with Gasteiger partial charge in [0.25, 0.3) is 0 Å². The van der Waals surface area contributed by atoms with Gasteiger partial charge in [-0.05, 0) is 6.42 Å². The monoisotopic (exact) mass is 214 g/mol. The van der Waals surface area contributed by atoms with Crippen LogP contribution in [0.3, 0.4) is 0 Å². The molecule has 10 heavy (non-hydrogen) atoms. The summed E-state index contributed by atoms with van der Waals surface area (Å²) in [7, 11) is 0. The molecule has 4 heteroatoms. The first-order chi connectivity index (χ1) is 4.61. The first kappa shape index (κ1) is 8.40. The molecule has 0 radical (unpaired) electrons. The van der Waals surface area contributed by atoms with Crippen LogP contribution in [-0.2, 0) is 0 Å². The predicted molar refractivity (Wildman–Crippen MR) is 37.7 cm³/mol. The third-order valence-corrected chi connectivity index (χ3v) is 2.62. The zero-order valence-electron chi connectivity index (χ0n) is 5.30. The molecule has 60 valence electrons. The topological polar surface area (TPSA) is 20.2 Å². The summed E-state index contributed by atoms with van der Waals surface area (Å²) >= 11 is 3.00. The van der Waals surface area contributed by atoms with E-state index in [2.05, 4.69) is 15.9 Å². The van der Waals surface area contributed by atoms with E-state index in [0.717, 1.165) is 0 Å². The van der Waals surface area contributed by atoms with Gasteiger partial charge in [0.05, 0.1) is 6.10 Å². The van der Waals surface area contributed by atoms with Gasteiger partial charge in [-0.2, -0.15) is 0 Å².